The van der Waals surface area contributed by atoms with E-state index in [-0.39, 0.29) is 42.3 Å². The minimum atomic E-state index is -2.27. The van der Waals surface area contributed by atoms with E-state index in [1.807, 2.05) is 45.9 Å². The van der Waals surface area contributed by atoms with Gasteiger partial charge in [-0.05, 0) is 98.4 Å². The second kappa shape index (κ2) is 18.9. The lowest BCUT2D eigenvalue weighted by Crippen LogP contribution is -2.47. The van der Waals surface area contributed by atoms with Gasteiger partial charge in [-0.2, -0.15) is 0 Å². The summed E-state index contributed by atoms with van der Waals surface area (Å²) in [7, 11) is 2.10. The molecule has 6 rings (SSSR count). The van der Waals surface area contributed by atoms with E-state index < -0.39 is 35.8 Å². The molecule has 11 nitrogen and oxygen atoms in total. The minimum absolute atomic E-state index is 0.0248. The summed E-state index contributed by atoms with van der Waals surface area (Å²) in [5.74, 6) is -5.38. The van der Waals surface area contributed by atoms with Crippen LogP contribution in [0.15, 0.2) is 102 Å². The van der Waals surface area contributed by atoms with E-state index >= 15 is 0 Å². The number of hydrogen-bond donors (Lipinski definition) is 4. The first-order chi connectivity index (χ1) is 26.7. The van der Waals surface area contributed by atoms with Crippen molar-refractivity contribution in [2.24, 2.45) is 0 Å². The third-order valence-corrected chi connectivity index (χ3v) is 10.1. The molecule has 0 spiro atoms. The smallest absolute Gasteiger partial charge is 0.335 e. The molecule has 0 bridgehead atoms. The average Bonchev–Trinajstić information content (AvgIpc) is 3.19. The first-order valence-corrected chi connectivity index (χ1v) is 18.3. The number of aryl methyl sites for hydroxylation is 2. The van der Waals surface area contributed by atoms with Gasteiger partial charge in [0.05, 0.1) is 5.52 Å². The molecule has 0 unspecified atom stereocenters. The van der Waals surface area contributed by atoms with Crippen molar-refractivity contribution in [2.75, 3.05) is 20.1 Å². The molecule has 0 aliphatic carbocycles. The number of aliphatic hydroxyl groups excluding tert-OH is 2. The lowest BCUT2D eigenvalue weighted by molar-refractivity contribution is -0.165. The SMILES string of the molecule is CN1CCC(N(Cc2ccc(-c3ccc(Cl)cc3)cc2)C(=O)Cn2c(CCc3cccc(F)c3F)cc(=O)c3ccccc32)CC1.O=C(O)[C@H](O)[C@@H](O)C(=O)O. The topological polar surface area (TPSA) is 161 Å². The fraction of sp³-hybridized carbons (Fsp3) is 0.286. The van der Waals surface area contributed by atoms with Crippen LogP contribution in [0.4, 0.5) is 8.78 Å². The van der Waals surface area contributed by atoms with Gasteiger partial charge in [0.2, 0.25) is 5.91 Å². The predicted molar refractivity (Wildman–Crippen MR) is 207 cm³/mol. The first-order valence-electron chi connectivity index (χ1n) is 17.9. The number of aliphatic carboxylic acids is 2. The number of carboxylic acid groups (broad SMARTS) is 2. The molecule has 1 aliphatic heterocycles. The molecule has 0 saturated carbocycles. The number of carbonyl (C=O) groups is 3. The molecule has 2 atom stereocenters. The Morgan fingerprint density at radius 1 is 0.821 bits per heavy atom. The van der Waals surface area contributed by atoms with Gasteiger partial charge in [-0.1, -0.05) is 72.3 Å². The van der Waals surface area contributed by atoms with E-state index in [0.717, 1.165) is 48.7 Å². The van der Waals surface area contributed by atoms with E-state index in [4.69, 9.17) is 32.0 Å². The molecular formula is C42H42ClF2N3O8. The second-order valence-electron chi connectivity index (χ2n) is 13.6. The Hall–Kier alpha value is -5.47. The molecule has 56 heavy (non-hydrogen) atoms. The van der Waals surface area contributed by atoms with Gasteiger partial charge in [0.1, 0.15) is 6.54 Å². The van der Waals surface area contributed by atoms with Crippen LogP contribution in [0.25, 0.3) is 22.0 Å². The summed E-state index contributed by atoms with van der Waals surface area (Å²) in [4.78, 5) is 51.3. The number of aliphatic hydroxyl groups is 2. The average molecular weight is 790 g/mol. The number of aromatic nitrogens is 1. The molecule has 0 radical (unpaired) electrons. The van der Waals surface area contributed by atoms with Crippen LogP contribution in [-0.2, 0) is 40.3 Å². The standard InChI is InChI=1S/C38H36ClF2N3O2.C4H6O6/c1-42-21-19-31(20-22-42)44(24-26-9-11-27(12-10-26)28-13-16-30(39)17-14-28)37(46)25-43-32(18-15-29-5-4-7-34(40)38(29)41)23-36(45)33-6-2-3-8-35(33)43;5-1(3(7)8)2(6)4(9)10/h2-14,16-17,23,31H,15,18-22,24-25H2,1H3;1-2,5-6H,(H,7,8)(H,9,10)/t;1-,2-/m.1/s1. The van der Waals surface area contributed by atoms with Crippen molar-refractivity contribution < 1.29 is 43.6 Å². The molecule has 4 N–H and O–H groups in total. The Labute approximate surface area is 326 Å². The van der Waals surface area contributed by atoms with E-state index in [9.17, 15) is 28.0 Å². The maximum Gasteiger partial charge on any atom is 0.335 e. The molecule has 14 heteroatoms. The van der Waals surface area contributed by atoms with Gasteiger partial charge in [0, 0.05) is 34.8 Å². The summed E-state index contributed by atoms with van der Waals surface area (Å²) in [6.45, 7) is 2.28. The molecule has 1 aliphatic rings. The zero-order valence-corrected chi connectivity index (χ0v) is 31.3. The normalized spacial score (nSPS) is 14.4. The van der Waals surface area contributed by atoms with Crippen molar-refractivity contribution in [1.82, 2.24) is 14.4 Å². The number of likely N-dealkylation sites (tertiary alicyclic amines) is 1. The highest BCUT2D eigenvalue weighted by Gasteiger charge is 2.30. The second-order valence-corrected chi connectivity index (χ2v) is 14.1. The highest BCUT2D eigenvalue weighted by Crippen LogP contribution is 2.25. The van der Waals surface area contributed by atoms with Crippen molar-refractivity contribution in [2.45, 2.75) is 57.0 Å². The summed E-state index contributed by atoms with van der Waals surface area (Å²) < 4.78 is 30.3. The summed E-state index contributed by atoms with van der Waals surface area (Å²) in [5.41, 5.74) is 4.48. The molecule has 4 aromatic carbocycles. The number of halogens is 3. The van der Waals surface area contributed by atoms with Gasteiger partial charge >= 0.3 is 11.9 Å². The number of nitrogens with zero attached hydrogens (tertiary/aromatic N) is 3. The molecule has 1 aromatic heterocycles. The van der Waals surface area contributed by atoms with Crippen molar-refractivity contribution in [1.29, 1.82) is 0 Å². The third kappa shape index (κ3) is 10.4. The van der Waals surface area contributed by atoms with Gasteiger partial charge < -0.3 is 34.8 Å². The number of rotatable bonds is 12. The predicted octanol–water partition coefficient (Wildman–Crippen LogP) is 5.39. The molecule has 294 valence electrons. The quantitative estimate of drug-likeness (QED) is 0.130. The number of carboxylic acids is 2. The number of amides is 1. The zero-order valence-electron chi connectivity index (χ0n) is 30.5. The van der Waals surface area contributed by atoms with E-state index in [1.165, 1.54) is 12.1 Å². The monoisotopic (exact) mass is 789 g/mol. The number of hydrogen-bond acceptors (Lipinski definition) is 7. The Kier molecular flexibility index (Phi) is 14.1. The fourth-order valence-electron chi connectivity index (χ4n) is 6.64. The maximum atomic E-state index is 14.5. The minimum Gasteiger partial charge on any atom is -0.479 e. The third-order valence-electron chi connectivity index (χ3n) is 9.82. The Morgan fingerprint density at radius 3 is 2.02 bits per heavy atom. The maximum absolute atomic E-state index is 14.5. The Balaban J connectivity index is 0.000000530. The van der Waals surface area contributed by atoms with Crippen molar-refractivity contribution in [3.05, 3.63) is 141 Å². The lowest BCUT2D eigenvalue weighted by Gasteiger charge is -2.38. The van der Waals surface area contributed by atoms with Crippen LogP contribution < -0.4 is 5.43 Å². The summed E-state index contributed by atoms with van der Waals surface area (Å²) in [6.07, 6.45) is -2.35. The van der Waals surface area contributed by atoms with Crippen LogP contribution in [0.2, 0.25) is 5.02 Å². The molecule has 1 saturated heterocycles. The lowest BCUT2D eigenvalue weighted by atomic mass is 10.0. The van der Waals surface area contributed by atoms with Gasteiger partial charge in [0.15, 0.2) is 29.3 Å². The first kappa shape index (κ1) is 41.7. The van der Waals surface area contributed by atoms with Gasteiger partial charge in [-0.15, -0.1) is 0 Å². The van der Waals surface area contributed by atoms with Crippen molar-refractivity contribution in [3.63, 3.8) is 0 Å². The fourth-order valence-corrected chi connectivity index (χ4v) is 6.77. The largest absolute Gasteiger partial charge is 0.479 e. The number of pyridine rings is 1. The highest BCUT2D eigenvalue weighted by atomic mass is 35.5. The van der Waals surface area contributed by atoms with Crippen LogP contribution in [0.1, 0.15) is 29.7 Å². The molecule has 2 heterocycles. The van der Waals surface area contributed by atoms with E-state index in [0.29, 0.717) is 28.2 Å². The van der Waals surface area contributed by atoms with Gasteiger partial charge in [0.25, 0.3) is 0 Å². The van der Waals surface area contributed by atoms with Crippen LogP contribution in [0.3, 0.4) is 0 Å². The van der Waals surface area contributed by atoms with Crippen LogP contribution in [0.5, 0.6) is 0 Å². The number of carbonyl (C=O) groups excluding carboxylic acids is 1. The Morgan fingerprint density at radius 2 is 1.41 bits per heavy atom. The number of piperidine rings is 1. The molecule has 1 amide bonds. The van der Waals surface area contributed by atoms with Gasteiger partial charge in [-0.25, -0.2) is 18.4 Å². The molecular weight excluding hydrogens is 748 g/mol. The van der Waals surface area contributed by atoms with Crippen LogP contribution in [0, 0.1) is 11.6 Å². The van der Waals surface area contributed by atoms with E-state index in [2.05, 4.69) is 36.2 Å². The van der Waals surface area contributed by atoms with Crippen LogP contribution >= 0.6 is 11.6 Å². The highest BCUT2D eigenvalue weighted by molar-refractivity contribution is 6.30. The summed E-state index contributed by atoms with van der Waals surface area (Å²) in [5, 5.41) is 33.7. The van der Waals surface area contributed by atoms with Crippen molar-refractivity contribution >= 4 is 40.3 Å². The zero-order chi connectivity index (χ0) is 40.5. The molecule has 1 fully saturated rings. The molecule has 5 aromatic rings. The van der Waals surface area contributed by atoms with Gasteiger partial charge in [-0.3, -0.25) is 9.59 Å². The number of fused-ring (bicyclic) bond motifs is 1. The number of benzene rings is 4. The summed E-state index contributed by atoms with van der Waals surface area (Å²) in [6, 6.07) is 28.9. The number of para-hydroxylation sites is 1. The van der Waals surface area contributed by atoms with E-state index in [1.54, 1.807) is 18.2 Å². The Bertz CT molecular complexity index is 2210. The summed E-state index contributed by atoms with van der Waals surface area (Å²) >= 11 is 6.07. The van der Waals surface area contributed by atoms with Crippen molar-refractivity contribution in [3.8, 4) is 11.1 Å². The van der Waals surface area contributed by atoms with Crippen LogP contribution in [-0.4, -0.2) is 91.0 Å².